The van der Waals surface area contributed by atoms with Crippen LogP contribution >= 0.6 is 0 Å². The molecule has 162 valence electrons. The van der Waals surface area contributed by atoms with Gasteiger partial charge in [-0.3, -0.25) is 4.79 Å². The maximum Gasteiger partial charge on any atom is 0.193 e. The molecular weight excluding hydrogens is 392 g/mol. The van der Waals surface area contributed by atoms with Gasteiger partial charge in [0.2, 0.25) is 0 Å². The molecule has 0 unspecified atom stereocenters. The number of nitrogens with zero attached hydrogens (tertiary/aromatic N) is 2. The maximum absolute atomic E-state index is 13.0. The number of carbonyl (C=O) groups is 1. The highest BCUT2D eigenvalue weighted by Gasteiger charge is 2.14. The molecule has 32 heavy (non-hydrogen) atoms. The number of para-hydroxylation sites is 1. The lowest BCUT2D eigenvalue weighted by Gasteiger charge is -2.25. The van der Waals surface area contributed by atoms with Gasteiger partial charge in [-0.25, -0.2) is 0 Å². The van der Waals surface area contributed by atoms with Gasteiger partial charge in [0.25, 0.3) is 0 Å². The molecule has 1 aliphatic carbocycles. The zero-order chi connectivity index (χ0) is 22.7. The van der Waals surface area contributed by atoms with E-state index in [4.69, 9.17) is 0 Å². The van der Waals surface area contributed by atoms with Gasteiger partial charge in [-0.15, -0.1) is 0 Å². The van der Waals surface area contributed by atoms with Gasteiger partial charge in [-0.2, -0.15) is 0 Å². The van der Waals surface area contributed by atoms with Crippen LogP contribution in [0.1, 0.15) is 41.3 Å². The van der Waals surface area contributed by atoms with Crippen LogP contribution in [-0.2, 0) is 0 Å². The second kappa shape index (κ2) is 9.27. The maximum atomic E-state index is 13.0. The number of carbonyl (C=O) groups excluding carboxylic acids is 1. The number of ketones is 1. The Kier molecular flexibility index (Phi) is 6.27. The van der Waals surface area contributed by atoms with E-state index in [1.807, 2.05) is 67.7 Å². The van der Waals surface area contributed by atoms with E-state index >= 15 is 0 Å². The highest BCUT2D eigenvalue weighted by molar-refractivity contribution is 6.09. The number of likely N-dealkylation sites (N-methyl/N-ethyl adjacent to an activating group) is 1. The summed E-state index contributed by atoms with van der Waals surface area (Å²) in [5, 5.41) is 0. The van der Waals surface area contributed by atoms with Crippen molar-refractivity contribution >= 4 is 22.8 Å². The number of hydrogen-bond acceptors (Lipinski definition) is 3. The number of benzene rings is 3. The molecule has 0 saturated carbocycles. The molecule has 3 aromatic rings. The SMILES string of the molecule is CC1=C(N(C)c2ccc(C(=O)c3ccc(N(C)c4ccccc4C)cc3)cc2)C=CCC1. The molecule has 0 heterocycles. The zero-order valence-electron chi connectivity index (χ0n) is 19.3. The molecular formula is C29H30N2O. The van der Waals surface area contributed by atoms with Crippen molar-refractivity contribution < 1.29 is 4.79 Å². The van der Waals surface area contributed by atoms with Gasteiger partial charge in [-0.05, 0) is 98.5 Å². The number of rotatable bonds is 6. The van der Waals surface area contributed by atoms with E-state index in [0.717, 1.165) is 29.9 Å². The fourth-order valence-electron chi connectivity index (χ4n) is 4.22. The molecule has 3 aromatic carbocycles. The molecule has 0 bridgehead atoms. The third-order valence-corrected chi connectivity index (χ3v) is 6.27. The molecule has 3 heteroatoms. The van der Waals surface area contributed by atoms with Crippen molar-refractivity contribution in [1.82, 2.24) is 0 Å². The van der Waals surface area contributed by atoms with E-state index in [0.29, 0.717) is 11.1 Å². The monoisotopic (exact) mass is 422 g/mol. The number of aryl methyl sites for hydroxylation is 1. The minimum Gasteiger partial charge on any atom is -0.345 e. The predicted octanol–water partition coefficient (Wildman–Crippen LogP) is 7.05. The molecule has 0 amide bonds. The quantitative estimate of drug-likeness (QED) is 0.398. The van der Waals surface area contributed by atoms with Crippen LogP contribution in [0.4, 0.5) is 17.1 Å². The Hall–Kier alpha value is -3.59. The zero-order valence-corrected chi connectivity index (χ0v) is 19.3. The highest BCUT2D eigenvalue weighted by atomic mass is 16.1. The van der Waals surface area contributed by atoms with Gasteiger partial charge in [0.1, 0.15) is 0 Å². The van der Waals surface area contributed by atoms with Crippen LogP contribution in [0.2, 0.25) is 0 Å². The first kappa shape index (κ1) is 21.6. The third kappa shape index (κ3) is 4.38. The fraction of sp³-hybridized carbons (Fsp3) is 0.207. The molecule has 4 rings (SSSR count). The van der Waals surface area contributed by atoms with Gasteiger partial charge in [0.15, 0.2) is 5.78 Å². The van der Waals surface area contributed by atoms with Crippen molar-refractivity contribution in [2.75, 3.05) is 23.9 Å². The van der Waals surface area contributed by atoms with Crippen LogP contribution in [0.3, 0.4) is 0 Å². The normalized spacial score (nSPS) is 13.2. The molecule has 3 nitrogen and oxygen atoms in total. The predicted molar refractivity (Wildman–Crippen MR) is 135 cm³/mol. The van der Waals surface area contributed by atoms with Gasteiger partial charge in [0, 0.05) is 48.0 Å². The topological polar surface area (TPSA) is 23.6 Å². The Labute approximate surface area is 191 Å². The lowest BCUT2D eigenvalue weighted by Crippen LogP contribution is -2.18. The van der Waals surface area contributed by atoms with Gasteiger partial charge < -0.3 is 9.80 Å². The van der Waals surface area contributed by atoms with Crippen molar-refractivity contribution in [2.24, 2.45) is 0 Å². The van der Waals surface area contributed by atoms with Gasteiger partial charge in [-0.1, -0.05) is 24.3 Å². The van der Waals surface area contributed by atoms with Gasteiger partial charge in [0.05, 0.1) is 0 Å². The molecule has 0 fully saturated rings. The first-order valence-electron chi connectivity index (χ1n) is 11.1. The van der Waals surface area contributed by atoms with Crippen molar-refractivity contribution in [2.45, 2.75) is 26.7 Å². The van der Waals surface area contributed by atoms with Crippen LogP contribution in [-0.4, -0.2) is 19.9 Å². The number of anilines is 3. The van der Waals surface area contributed by atoms with Crippen molar-refractivity contribution in [3.05, 3.63) is 113 Å². The minimum absolute atomic E-state index is 0.0391. The molecule has 0 atom stereocenters. The van der Waals surface area contributed by atoms with E-state index in [1.54, 1.807) is 0 Å². The summed E-state index contributed by atoms with van der Waals surface area (Å²) in [6.07, 6.45) is 6.61. The van der Waals surface area contributed by atoms with Crippen LogP contribution in [0.5, 0.6) is 0 Å². The minimum atomic E-state index is 0.0391. The molecule has 0 radical (unpaired) electrons. The van der Waals surface area contributed by atoms with Crippen LogP contribution in [0, 0.1) is 6.92 Å². The third-order valence-electron chi connectivity index (χ3n) is 6.27. The standard InChI is InChI=1S/C29H30N2O/c1-21-9-5-7-11-27(21)30(3)25-17-13-23(14-18-25)29(32)24-15-19-26(20-16-24)31(4)28-12-8-6-10-22(28)2/h5,7-9,11-20H,6,10H2,1-4H3. The van der Waals surface area contributed by atoms with E-state index in [-0.39, 0.29) is 5.78 Å². The second-order valence-electron chi connectivity index (χ2n) is 8.43. The van der Waals surface area contributed by atoms with Gasteiger partial charge >= 0.3 is 0 Å². The highest BCUT2D eigenvalue weighted by Crippen LogP contribution is 2.28. The fourth-order valence-corrected chi connectivity index (χ4v) is 4.22. The number of hydrogen-bond donors (Lipinski definition) is 0. The summed E-state index contributed by atoms with van der Waals surface area (Å²) in [6, 6.07) is 24.0. The molecule has 0 saturated heterocycles. The first-order valence-corrected chi connectivity index (χ1v) is 11.1. The van der Waals surface area contributed by atoms with Crippen LogP contribution < -0.4 is 9.80 Å². The Morgan fingerprint density at radius 3 is 1.88 bits per heavy atom. The summed E-state index contributed by atoms with van der Waals surface area (Å²) in [5.41, 5.74) is 8.54. The number of allylic oxidation sites excluding steroid dienone is 3. The summed E-state index contributed by atoms with van der Waals surface area (Å²) >= 11 is 0. The molecule has 0 spiro atoms. The molecule has 0 N–H and O–H groups in total. The molecule has 1 aliphatic rings. The molecule has 0 aliphatic heterocycles. The van der Waals surface area contributed by atoms with Crippen LogP contribution in [0.15, 0.2) is 96.2 Å². The summed E-state index contributed by atoms with van der Waals surface area (Å²) in [4.78, 5) is 17.4. The largest absolute Gasteiger partial charge is 0.345 e. The lowest BCUT2D eigenvalue weighted by atomic mass is 10.0. The summed E-state index contributed by atoms with van der Waals surface area (Å²) < 4.78 is 0. The van der Waals surface area contributed by atoms with E-state index in [2.05, 4.69) is 55.0 Å². The Balaban J connectivity index is 1.50. The van der Waals surface area contributed by atoms with E-state index < -0.39 is 0 Å². The average molecular weight is 423 g/mol. The van der Waals surface area contributed by atoms with Crippen molar-refractivity contribution in [3.63, 3.8) is 0 Å². The Morgan fingerprint density at radius 2 is 1.31 bits per heavy atom. The average Bonchev–Trinajstić information content (AvgIpc) is 2.83. The first-order chi connectivity index (χ1) is 15.5. The summed E-state index contributed by atoms with van der Waals surface area (Å²) in [6.45, 7) is 4.29. The summed E-state index contributed by atoms with van der Waals surface area (Å²) in [5.74, 6) is 0.0391. The van der Waals surface area contributed by atoms with Crippen molar-refractivity contribution in [1.29, 1.82) is 0 Å². The smallest absolute Gasteiger partial charge is 0.193 e. The van der Waals surface area contributed by atoms with E-state index in [1.165, 1.54) is 16.8 Å². The lowest BCUT2D eigenvalue weighted by molar-refractivity contribution is 0.103. The van der Waals surface area contributed by atoms with Crippen LogP contribution in [0.25, 0.3) is 0 Å². The Morgan fingerprint density at radius 1 is 0.750 bits per heavy atom. The molecule has 0 aromatic heterocycles. The van der Waals surface area contributed by atoms with Crippen molar-refractivity contribution in [3.8, 4) is 0 Å². The second-order valence-corrected chi connectivity index (χ2v) is 8.43. The Bertz CT molecular complexity index is 1170. The van der Waals surface area contributed by atoms with E-state index in [9.17, 15) is 4.79 Å². The summed E-state index contributed by atoms with van der Waals surface area (Å²) in [7, 11) is 4.13.